The molecule has 100 valence electrons. The molecule has 5 nitrogen and oxygen atoms in total. The number of likely N-dealkylation sites (tertiary alicyclic amines) is 1. The van der Waals surface area contributed by atoms with E-state index in [9.17, 15) is 9.59 Å². The maximum Gasteiger partial charge on any atom is 0.410 e. The molecule has 1 amide bonds. The van der Waals surface area contributed by atoms with Crippen molar-refractivity contribution in [1.82, 2.24) is 4.90 Å². The molecule has 1 atom stereocenters. The lowest BCUT2D eigenvalue weighted by molar-refractivity contribution is -0.137. The van der Waals surface area contributed by atoms with E-state index in [2.05, 4.69) is 6.58 Å². The highest BCUT2D eigenvalue weighted by Crippen LogP contribution is 2.42. The van der Waals surface area contributed by atoms with Crippen LogP contribution in [-0.4, -0.2) is 42.3 Å². The van der Waals surface area contributed by atoms with Crippen molar-refractivity contribution in [3.8, 4) is 0 Å². The van der Waals surface area contributed by atoms with Crippen molar-refractivity contribution in [2.24, 2.45) is 5.41 Å². The van der Waals surface area contributed by atoms with E-state index in [1.54, 1.807) is 4.90 Å². The van der Waals surface area contributed by atoms with Crippen molar-refractivity contribution in [2.45, 2.75) is 32.8 Å². The largest absolute Gasteiger partial charge is 0.465 e. The van der Waals surface area contributed by atoms with Gasteiger partial charge in [0.05, 0.1) is 11.8 Å². The average Bonchev–Trinajstić information content (AvgIpc) is 2.71. The zero-order chi connectivity index (χ0) is 13.6. The molecule has 0 radical (unpaired) electrons. The summed E-state index contributed by atoms with van der Waals surface area (Å²) in [6.07, 6.45) is -0.0506. The molecular formula is C13H19NO4. The SMILES string of the molecule is C=C1CN(C(=O)OC(C)(C)C)CC12COC(=O)C2. The van der Waals surface area contributed by atoms with Crippen molar-refractivity contribution < 1.29 is 19.1 Å². The third kappa shape index (κ3) is 2.35. The molecule has 0 aromatic carbocycles. The molecule has 2 aliphatic rings. The van der Waals surface area contributed by atoms with Crippen LogP contribution >= 0.6 is 0 Å². The van der Waals surface area contributed by atoms with Gasteiger partial charge in [0, 0.05) is 13.1 Å². The summed E-state index contributed by atoms with van der Waals surface area (Å²) in [6, 6.07) is 0. The molecule has 18 heavy (non-hydrogen) atoms. The summed E-state index contributed by atoms with van der Waals surface area (Å²) >= 11 is 0. The van der Waals surface area contributed by atoms with Crippen LogP contribution in [0.2, 0.25) is 0 Å². The van der Waals surface area contributed by atoms with E-state index in [1.807, 2.05) is 20.8 Å². The Morgan fingerprint density at radius 1 is 1.50 bits per heavy atom. The molecule has 0 saturated carbocycles. The average molecular weight is 253 g/mol. The van der Waals surface area contributed by atoms with Crippen LogP contribution in [0.4, 0.5) is 4.79 Å². The van der Waals surface area contributed by atoms with E-state index in [-0.39, 0.29) is 12.1 Å². The number of cyclic esters (lactones) is 1. The molecule has 2 fully saturated rings. The zero-order valence-corrected chi connectivity index (χ0v) is 11.1. The molecule has 1 spiro atoms. The molecule has 2 saturated heterocycles. The molecule has 0 aliphatic carbocycles. The summed E-state index contributed by atoms with van der Waals surface area (Å²) in [6.45, 7) is 10.7. The van der Waals surface area contributed by atoms with Gasteiger partial charge in [0.1, 0.15) is 12.2 Å². The Morgan fingerprint density at radius 3 is 2.67 bits per heavy atom. The number of hydrogen-bond acceptors (Lipinski definition) is 4. The van der Waals surface area contributed by atoms with Crippen molar-refractivity contribution in [1.29, 1.82) is 0 Å². The smallest absolute Gasteiger partial charge is 0.410 e. The fraction of sp³-hybridized carbons (Fsp3) is 0.692. The minimum Gasteiger partial charge on any atom is -0.465 e. The van der Waals surface area contributed by atoms with Crippen molar-refractivity contribution in [2.75, 3.05) is 19.7 Å². The van der Waals surface area contributed by atoms with Gasteiger partial charge in [0.25, 0.3) is 0 Å². The van der Waals surface area contributed by atoms with Crippen molar-refractivity contribution in [3.05, 3.63) is 12.2 Å². The van der Waals surface area contributed by atoms with Crippen LogP contribution < -0.4 is 0 Å². The van der Waals surface area contributed by atoms with Crippen LogP contribution in [0.5, 0.6) is 0 Å². The third-order valence-electron chi connectivity index (χ3n) is 3.27. The lowest BCUT2D eigenvalue weighted by atomic mass is 9.83. The predicted octanol–water partition coefficient (Wildman–Crippen LogP) is 1.73. The van der Waals surface area contributed by atoms with E-state index in [4.69, 9.17) is 9.47 Å². The minimum absolute atomic E-state index is 0.220. The number of carbonyl (C=O) groups is 2. The van der Waals surface area contributed by atoms with Gasteiger partial charge in [-0.3, -0.25) is 4.79 Å². The number of ether oxygens (including phenoxy) is 2. The summed E-state index contributed by atoms with van der Waals surface area (Å²) in [5, 5.41) is 0. The van der Waals surface area contributed by atoms with Gasteiger partial charge in [-0.2, -0.15) is 0 Å². The Hall–Kier alpha value is -1.52. The summed E-state index contributed by atoms with van der Waals surface area (Å²) in [5.74, 6) is -0.220. The standard InChI is InChI=1S/C13H19NO4/c1-9-6-14(11(16)18-12(2,3)4)7-13(9)5-10(15)17-8-13/h1,5-8H2,2-4H3. The zero-order valence-electron chi connectivity index (χ0n) is 11.1. The monoisotopic (exact) mass is 253 g/mol. The Bertz CT molecular complexity index is 410. The highest BCUT2D eigenvalue weighted by molar-refractivity contribution is 5.75. The van der Waals surface area contributed by atoms with Gasteiger partial charge in [0.2, 0.25) is 0 Å². The molecule has 0 aromatic heterocycles. The van der Waals surface area contributed by atoms with Crippen LogP contribution in [0.15, 0.2) is 12.2 Å². The van der Waals surface area contributed by atoms with Gasteiger partial charge in [-0.1, -0.05) is 6.58 Å². The van der Waals surface area contributed by atoms with E-state index in [0.29, 0.717) is 26.1 Å². The summed E-state index contributed by atoms with van der Waals surface area (Å²) < 4.78 is 10.3. The highest BCUT2D eigenvalue weighted by Gasteiger charge is 2.50. The quantitative estimate of drug-likeness (QED) is 0.487. The van der Waals surface area contributed by atoms with E-state index < -0.39 is 11.0 Å². The summed E-state index contributed by atoms with van der Waals surface area (Å²) in [5.41, 5.74) is -0.0383. The van der Waals surface area contributed by atoms with Crippen LogP contribution in [0.1, 0.15) is 27.2 Å². The topological polar surface area (TPSA) is 55.8 Å². The molecule has 2 heterocycles. The lowest BCUT2D eigenvalue weighted by Gasteiger charge is -2.25. The molecule has 2 aliphatic heterocycles. The second-order valence-corrected chi connectivity index (χ2v) is 6.06. The summed E-state index contributed by atoms with van der Waals surface area (Å²) in [4.78, 5) is 24.8. The fourth-order valence-electron chi connectivity index (χ4n) is 2.31. The van der Waals surface area contributed by atoms with E-state index in [0.717, 1.165) is 5.57 Å². The number of esters is 1. The van der Waals surface area contributed by atoms with Gasteiger partial charge >= 0.3 is 12.1 Å². The van der Waals surface area contributed by atoms with E-state index >= 15 is 0 Å². The summed E-state index contributed by atoms with van der Waals surface area (Å²) in [7, 11) is 0. The first kappa shape index (κ1) is 12.9. The molecule has 2 rings (SSSR count). The molecule has 0 aromatic rings. The Balaban J connectivity index is 2.05. The van der Waals surface area contributed by atoms with Crippen LogP contribution in [-0.2, 0) is 14.3 Å². The predicted molar refractivity (Wildman–Crippen MR) is 65.0 cm³/mol. The van der Waals surface area contributed by atoms with Gasteiger partial charge in [0.15, 0.2) is 0 Å². The highest BCUT2D eigenvalue weighted by atomic mass is 16.6. The number of amides is 1. The van der Waals surface area contributed by atoms with Gasteiger partial charge in [-0.05, 0) is 26.3 Å². The van der Waals surface area contributed by atoms with Crippen LogP contribution in [0.3, 0.4) is 0 Å². The first-order valence-electron chi connectivity index (χ1n) is 6.04. The lowest BCUT2D eigenvalue weighted by Crippen LogP contribution is -2.37. The van der Waals surface area contributed by atoms with Gasteiger partial charge in [-0.25, -0.2) is 4.79 Å². The molecule has 0 N–H and O–H groups in total. The van der Waals surface area contributed by atoms with Gasteiger partial charge < -0.3 is 14.4 Å². The van der Waals surface area contributed by atoms with E-state index in [1.165, 1.54) is 0 Å². The minimum atomic E-state index is -0.518. The second kappa shape index (κ2) is 4.00. The molecular weight excluding hydrogens is 234 g/mol. The molecule has 1 unspecified atom stereocenters. The maximum absolute atomic E-state index is 12.0. The maximum atomic E-state index is 12.0. The number of nitrogens with zero attached hydrogens (tertiary/aromatic N) is 1. The van der Waals surface area contributed by atoms with Crippen LogP contribution in [0, 0.1) is 5.41 Å². The van der Waals surface area contributed by atoms with Gasteiger partial charge in [-0.15, -0.1) is 0 Å². The van der Waals surface area contributed by atoms with Crippen molar-refractivity contribution in [3.63, 3.8) is 0 Å². The second-order valence-electron chi connectivity index (χ2n) is 6.06. The Morgan fingerprint density at radius 2 is 2.17 bits per heavy atom. The number of carbonyl (C=O) groups excluding carboxylic acids is 2. The Labute approximate surface area is 107 Å². The molecule has 5 heteroatoms. The number of rotatable bonds is 0. The normalized spacial score (nSPS) is 27.8. The molecule has 0 bridgehead atoms. The first-order valence-corrected chi connectivity index (χ1v) is 6.04. The third-order valence-corrected chi connectivity index (χ3v) is 3.27. The van der Waals surface area contributed by atoms with Crippen molar-refractivity contribution >= 4 is 12.1 Å². The first-order chi connectivity index (χ1) is 8.22. The van der Waals surface area contributed by atoms with Crippen LogP contribution in [0.25, 0.3) is 0 Å². The fourth-order valence-corrected chi connectivity index (χ4v) is 2.31. The number of hydrogen-bond donors (Lipinski definition) is 0. The Kier molecular flexibility index (Phi) is 2.87.